The largest absolute Gasteiger partial charge is 0.361 e. The Morgan fingerprint density at radius 3 is 2.96 bits per heavy atom. The average Bonchev–Trinajstić information content (AvgIpc) is 3.25. The number of para-hydroxylation sites is 2. The molecule has 7 heteroatoms. The van der Waals surface area contributed by atoms with Gasteiger partial charge in [-0.3, -0.25) is 4.79 Å². The number of aromatic nitrogens is 4. The van der Waals surface area contributed by atoms with Crippen LogP contribution in [0.1, 0.15) is 18.5 Å². The molecule has 2 N–H and O–H groups in total. The molecule has 0 saturated heterocycles. The second kappa shape index (κ2) is 6.20. The van der Waals surface area contributed by atoms with Gasteiger partial charge in [0.15, 0.2) is 0 Å². The van der Waals surface area contributed by atoms with Crippen LogP contribution in [-0.4, -0.2) is 32.1 Å². The SMILES string of the molecule is C[C@H](C(=O)N/N=C\c1c[nH]c2ccccc12)n1nnc2ccccc21. The van der Waals surface area contributed by atoms with Crippen molar-refractivity contribution >= 4 is 34.1 Å². The Bertz CT molecular complexity index is 1080. The third-order valence-corrected chi connectivity index (χ3v) is 4.12. The van der Waals surface area contributed by atoms with Gasteiger partial charge in [0.1, 0.15) is 11.6 Å². The van der Waals surface area contributed by atoms with Crippen LogP contribution in [0.3, 0.4) is 0 Å². The Labute approximate surface area is 143 Å². The van der Waals surface area contributed by atoms with Gasteiger partial charge in [-0.15, -0.1) is 5.10 Å². The van der Waals surface area contributed by atoms with Gasteiger partial charge in [0.05, 0.1) is 11.7 Å². The summed E-state index contributed by atoms with van der Waals surface area (Å²) in [6.07, 6.45) is 3.48. The number of rotatable bonds is 4. The van der Waals surface area contributed by atoms with Crippen LogP contribution in [-0.2, 0) is 4.79 Å². The molecule has 2 aromatic heterocycles. The molecular formula is C18H16N6O. The molecule has 1 amide bonds. The number of nitrogens with zero attached hydrogens (tertiary/aromatic N) is 4. The Kier molecular flexibility index (Phi) is 3.74. The third-order valence-electron chi connectivity index (χ3n) is 4.12. The highest BCUT2D eigenvalue weighted by molar-refractivity contribution is 5.99. The van der Waals surface area contributed by atoms with Gasteiger partial charge in [0, 0.05) is 22.7 Å². The van der Waals surface area contributed by atoms with E-state index in [0.717, 1.165) is 27.5 Å². The summed E-state index contributed by atoms with van der Waals surface area (Å²) in [5, 5.41) is 13.3. The van der Waals surface area contributed by atoms with Crippen molar-refractivity contribution < 1.29 is 4.79 Å². The fraction of sp³-hybridized carbons (Fsp3) is 0.111. The van der Waals surface area contributed by atoms with Crippen LogP contribution in [0, 0.1) is 0 Å². The fourth-order valence-electron chi connectivity index (χ4n) is 2.74. The van der Waals surface area contributed by atoms with Crippen molar-refractivity contribution in [2.45, 2.75) is 13.0 Å². The first-order valence-corrected chi connectivity index (χ1v) is 7.93. The quantitative estimate of drug-likeness (QED) is 0.445. The summed E-state index contributed by atoms with van der Waals surface area (Å²) in [6.45, 7) is 1.76. The zero-order chi connectivity index (χ0) is 17.2. The van der Waals surface area contributed by atoms with Crippen molar-refractivity contribution in [2.24, 2.45) is 5.10 Å². The second-order valence-corrected chi connectivity index (χ2v) is 5.72. The monoisotopic (exact) mass is 332 g/mol. The Hall–Kier alpha value is -3.48. The minimum absolute atomic E-state index is 0.258. The summed E-state index contributed by atoms with van der Waals surface area (Å²) in [5.41, 5.74) is 6.07. The number of hydrogen-bond donors (Lipinski definition) is 2. The van der Waals surface area contributed by atoms with Gasteiger partial charge < -0.3 is 4.98 Å². The zero-order valence-electron chi connectivity index (χ0n) is 13.5. The maximum Gasteiger partial charge on any atom is 0.264 e. The van der Waals surface area contributed by atoms with E-state index in [4.69, 9.17) is 0 Å². The van der Waals surface area contributed by atoms with E-state index in [-0.39, 0.29) is 5.91 Å². The van der Waals surface area contributed by atoms with Crippen LogP contribution < -0.4 is 5.43 Å². The molecule has 0 aliphatic heterocycles. The molecule has 4 rings (SSSR count). The van der Waals surface area contributed by atoms with Crippen LogP contribution in [0.25, 0.3) is 21.9 Å². The number of H-pyrrole nitrogens is 1. The molecule has 0 aliphatic rings. The van der Waals surface area contributed by atoms with E-state index < -0.39 is 6.04 Å². The first kappa shape index (κ1) is 15.1. The van der Waals surface area contributed by atoms with Gasteiger partial charge in [-0.05, 0) is 25.1 Å². The normalized spacial score (nSPS) is 12.8. The molecule has 124 valence electrons. The lowest BCUT2D eigenvalue weighted by Gasteiger charge is -2.10. The molecule has 0 bridgehead atoms. The number of fused-ring (bicyclic) bond motifs is 2. The Balaban J connectivity index is 1.50. The lowest BCUT2D eigenvalue weighted by Crippen LogP contribution is -2.28. The van der Waals surface area contributed by atoms with E-state index >= 15 is 0 Å². The molecule has 2 heterocycles. The molecule has 0 saturated carbocycles. The standard InChI is InChI=1S/C18H16N6O/c1-12(24-17-9-5-4-8-16(17)21-23-24)18(25)22-20-11-13-10-19-15-7-3-2-6-14(13)15/h2-12,19H,1H3,(H,22,25)/b20-11-/t12-/m1/s1. The highest BCUT2D eigenvalue weighted by atomic mass is 16.2. The molecule has 0 spiro atoms. The minimum Gasteiger partial charge on any atom is -0.361 e. The van der Waals surface area contributed by atoms with E-state index in [1.165, 1.54) is 0 Å². The predicted molar refractivity (Wildman–Crippen MR) is 96.3 cm³/mol. The van der Waals surface area contributed by atoms with Crippen molar-refractivity contribution in [3.8, 4) is 0 Å². The number of nitrogens with one attached hydrogen (secondary N) is 2. The summed E-state index contributed by atoms with van der Waals surface area (Å²) in [7, 11) is 0. The molecule has 0 aliphatic carbocycles. The van der Waals surface area contributed by atoms with Gasteiger partial charge in [-0.25, -0.2) is 10.1 Å². The van der Waals surface area contributed by atoms with Crippen LogP contribution >= 0.6 is 0 Å². The summed E-state index contributed by atoms with van der Waals surface area (Å²) >= 11 is 0. The van der Waals surface area contributed by atoms with Gasteiger partial charge in [-0.2, -0.15) is 5.10 Å². The van der Waals surface area contributed by atoms with Crippen LogP contribution in [0.4, 0.5) is 0 Å². The topological polar surface area (TPSA) is 88.0 Å². The average molecular weight is 332 g/mol. The molecule has 1 atom stereocenters. The number of hydrazone groups is 1. The molecule has 0 radical (unpaired) electrons. The first-order valence-electron chi connectivity index (χ1n) is 7.93. The predicted octanol–water partition coefficient (Wildman–Crippen LogP) is 2.62. The van der Waals surface area contributed by atoms with Crippen LogP contribution in [0.5, 0.6) is 0 Å². The number of amides is 1. The van der Waals surface area contributed by atoms with Crippen molar-refractivity contribution in [3.63, 3.8) is 0 Å². The minimum atomic E-state index is -0.521. The van der Waals surface area contributed by atoms with Gasteiger partial charge in [0.2, 0.25) is 0 Å². The van der Waals surface area contributed by atoms with Crippen molar-refractivity contribution in [1.82, 2.24) is 25.4 Å². The van der Waals surface area contributed by atoms with Crippen molar-refractivity contribution in [3.05, 3.63) is 60.3 Å². The van der Waals surface area contributed by atoms with Crippen molar-refractivity contribution in [1.29, 1.82) is 0 Å². The van der Waals surface area contributed by atoms with Gasteiger partial charge in [-0.1, -0.05) is 35.5 Å². The highest BCUT2D eigenvalue weighted by Gasteiger charge is 2.18. The number of benzene rings is 2. The molecule has 2 aromatic carbocycles. The highest BCUT2D eigenvalue weighted by Crippen LogP contribution is 2.16. The molecule has 0 unspecified atom stereocenters. The summed E-state index contributed by atoms with van der Waals surface area (Å²) in [4.78, 5) is 15.5. The third kappa shape index (κ3) is 2.76. The molecule has 7 nitrogen and oxygen atoms in total. The Morgan fingerprint density at radius 1 is 1.24 bits per heavy atom. The molecule has 4 aromatic rings. The second-order valence-electron chi connectivity index (χ2n) is 5.72. The maximum atomic E-state index is 12.4. The van der Waals surface area contributed by atoms with Crippen molar-refractivity contribution in [2.75, 3.05) is 0 Å². The summed E-state index contributed by atoms with van der Waals surface area (Å²) < 4.78 is 1.59. The smallest absolute Gasteiger partial charge is 0.264 e. The fourth-order valence-corrected chi connectivity index (χ4v) is 2.74. The van der Waals surface area contributed by atoms with Gasteiger partial charge in [0.25, 0.3) is 5.91 Å². The van der Waals surface area contributed by atoms with Crippen LogP contribution in [0.2, 0.25) is 0 Å². The number of carbonyl (C=O) groups excluding carboxylic acids is 1. The molecule has 25 heavy (non-hydrogen) atoms. The van der Waals surface area contributed by atoms with E-state index in [0.29, 0.717) is 0 Å². The number of carbonyl (C=O) groups is 1. The maximum absolute atomic E-state index is 12.4. The lowest BCUT2D eigenvalue weighted by atomic mass is 10.2. The molecule has 0 fully saturated rings. The van der Waals surface area contributed by atoms with Crippen LogP contribution in [0.15, 0.2) is 59.8 Å². The van der Waals surface area contributed by atoms with E-state index in [1.807, 2.05) is 54.7 Å². The first-order chi connectivity index (χ1) is 12.2. The summed E-state index contributed by atoms with van der Waals surface area (Å²) in [6, 6.07) is 14.9. The lowest BCUT2D eigenvalue weighted by molar-refractivity contribution is -0.124. The van der Waals surface area contributed by atoms with E-state index in [9.17, 15) is 4.79 Å². The molecular weight excluding hydrogens is 316 g/mol. The van der Waals surface area contributed by atoms with E-state index in [2.05, 4.69) is 25.8 Å². The number of aromatic amines is 1. The number of hydrogen-bond acceptors (Lipinski definition) is 4. The zero-order valence-corrected chi connectivity index (χ0v) is 13.5. The van der Waals surface area contributed by atoms with E-state index in [1.54, 1.807) is 17.8 Å². The van der Waals surface area contributed by atoms with Gasteiger partial charge >= 0.3 is 0 Å². The Morgan fingerprint density at radius 2 is 2.04 bits per heavy atom. The summed E-state index contributed by atoms with van der Waals surface area (Å²) in [5.74, 6) is -0.258.